The fraction of sp³-hybridized carbons (Fsp3) is 0.526. The first-order valence-corrected chi connectivity index (χ1v) is 8.90. The van der Waals surface area contributed by atoms with Crippen LogP contribution in [0.2, 0.25) is 0 Å². The molecule has 0 spiro atoms. The zero-order chi connectivity index (χ0) is 15.8. The molecule has 1 unspecified atom stereocenters. The predicted octanol–water partition coefficient (Wildman–Crippen LogP) is 1.37. The Bertz CT molecular complexity index is 720. The molecule has 0 radical (unpaired) electrons. The Hall–Kier alpha value is -1.81. The van der Waals surface area contributed by atoms with Gasteiger partial charge in [0.25, 0.3) is 5.91 Å². The molecular formula is C19H26N3O+. The Morgan fingerprint density at radius 3 is 3.13 bits per heavy atom. The summed E-state index contributed by atoms with van der Waals surface area (Å²) in [4.78, 5) is 19.8. The van der Waals surface area contributed by atoms with E-state index in [1.54, 1.807) is 0 Å². The van der Waals surface area contributed by atoms with Crippen molar-refractivity contribution in [2.75, 3.05) is 26.2 Å². The standard InChI is InChI=1S/C19H25N3O/c1-14-5-4-9-21(11-14)13-19(23)22-10-8-18-16(12-22)15-6-2-3-7-17(15)20-18/h2-3,6-7,14,20H,4-5,8-13H2,1H3/p+1/t14-/m1/s1. The largest absolute Gasteiger partial charge is 0.358 e. The van der Waals surface area contributed by atoms with Gasteiger partial charge in [0, 0.05) is 47.6 Å². The van der Waals surface area contributed by atoms with Gasteiger partial charge in [-0.25, -0.2) is 0 Å². The monoisotopic (exact) mass is 312 g/mol. The lowest BCUT2D eigenvalue weighted by Crippen LogP contribution is -3.14. The summed E-state index contributed by atoms with van der Waals surface area (Å²) >= 11 is 0. The number of hydrogen-bond acceptors (Lipinski definition) is 1. The van der Waals surface area contributed by atoms with Gasteiger partial charge in [0.2, 0.25) is 0 Å². The molecule has 0 aliphatic carbocycles. The van der Waals surface area contributed by atoms with Crippen LogP contribution in [0.4, 0.5) is 0 Å². The third-order valence-corrected chi connectivity index (χ3v) is 5.50. The number of H-pyrrole nitrogens is 1. The quantitative estimate of drug-likeness (QED) is 0.864. The highest BCUT2D eigenvalue weighted by Gasteiger charge is 2.28. The highest BCUT2D eigenvalue weighted by atomic mass is 16.2. The topological polar surface area (TPSA) is 40.5 Å². The third kappa shape index (κ3) is 2.88. The summed E-state index contributed by atoms with van der Waals surface area (Å²) < 4.78 is 0. The van der Waals surface area contributed by atoms with Gasteiger partial charge < -0.3 is 14.8 Å². The van der Waals surface area contributed by atoms with Gasteiger partial charge in [-0.3, -0.25) is 4.79 Å². The summed E-state index contributed by atoms with van der Waals surface area (Å²) in [6, 6.07) is 8.43. The van der Waals surface area contributed by atoms with Gasteiger partial charge in [-0.2, -0.15) is 0 Å². The number of para-hydroxylation sites is 1. The van der Waals surface area contributed by atoms with Crippen molar-refractivity contribution in [3.05, 3.63) is 35.5 Å². The number of fused-ring (bicyclic) bond motifs is 3. The third-order valence-electron chi connectivity index (χ3n) is 5.50. The minimum absolute atomic E-state index is 0.324. The summed E-state index contributed by atoms with van der Waals surface area (Å²) in [6.07, 6.45) is 3.53. The molecule has 0 bridgehead atoms. The SMILES string of the molecule is C[C@@H]1CCC[NH+](CC(=O)N2CCc3[nH]c4ccccc4c3C2)C1. The van der Waals surface area contributed by atoms with Crippen LogP contribution in [0.5, 0.6) is 0 Å². The number of likely N-dealkylation sites (tertiary alicyclic amines) is 1. The number of quaternary nitrogens is 1. The summed E-state index contributed by atoms with van der Waals surface area (Å²) in [6.45, 7) is 6.90. The molecule has 122 valence electrons. The van der Waals surface area contributed by atoms with Gasteiger partial charge in [-0.05, 0) is 18.9 Å². The lowest BCUT2D eigenvalue weighted by Gasteiger charge is -2.31. The van der Waals surface area contributed by atoms with E-state index in [1.807, 2.05) is 0 Å². The van der Waals surface area contributed by atoms with Crippen molar-refractivity contribution in [1.82, 2.24) is 9.88 Å². The minimum atomic E-state index is 0.324. The zero-order valence-corrected chi connectivity index (χ0v) is 13.9. The maximum Gasteiger partial charge on any atom is 0.278 e. The fourth-order valence-corrected chi connectivity index (χ4v) is 4.26. The summed E-state index contributed by atoms with van der Waals surface area (Å²) in [5.74, 6) is 1.08. The van der Waals surface area contributed by atoms with E-state index in [0.29, 0.717) is 12.5 Å². The van der Waals surface area contributed by atoms with Crippen molar-refractivity contribution < 1.29 is 9.69 Å². The van der Waals surface area contributed by atoms with E-state index in [1.165, 1.54) is 39.9 Å². The van der Waals surface area contributed by atoms with Crippen LogP contribution < -0.4 is 4.90 Å². The molecule has 23 heavy (non-hydrogen) atoms. The number of aromatic amines is 1. The molecule has 1 fully saturated rings. The Balaban J connectivity index is 1.48. The second kappa shape index (κ2) is 6.00. The number of aromatic nitrogens is 1. The van der Waals surface area contributed by atoms with Gasteiger partial charge >= 0.3 is 0 Å². The number of amides is 1. The van der Waals surface area contributed by atoms with Crippen LogP contribution in [0, 0.1) is 5.92 Å². The smallest absolute Gasteiger partial charge is 0.278 e. The number of nitrogens with zero attached hydrogens (tertiary/aromatic N) is 1. The average Bonchev–Trinajstić information content (AvgIpc) is 2.92. The second-order valence-electron chi connectivity index (χ2n) is 7.32. The molecule has 4 heteroatoms. The molecule has 3 heterocycles. The van der Waals surface area contributed by atoms with Gasteiger partial charge in [0.1, 0.15) is 0 Å². The van der Waals surface area contributed by atoms with Crippen molar-refractivity contribution in [1.29, 1.82) is 0 Å². The number of benzene rings is 1. The van der Waals surface area contributed by atoms with Crippen molar-refractivity contribution in [3.8, 4) is 0 Å². The van der Waals surface area contributed by atoms with Crippen molar-refractivity contribution >= 4 is 16.8 Å². The molecule has 1 amide bonds. The molecule has 2 aromatic rings. The van der Waals surface area contributed by atoms with Crippen molar-refractivity contribution in [2.45, 2.75) is 32.7 Å². The molecule has 1 aromatic carbocycles. The van der Waals surface area contributed by atoms with Crippen LogP contribution in [0.1, 0.15) is 31.0 Å². The number of hydrogen-bond donors (Lipinski definition) is 2. The average molecular weight is 312 g/mol. The fourth-order valence-electron chi connectivity index (χ4n) is 4.26. The van der Waals surface area contributed by atoms with Gasteiger partial charge in [0.05, 0.1) is 13.1 Å². The molecule has 1 saturated heterocycles. The maximum atomic E-state index is 12.7. The molecule has 2 aliphatic heterocycles. The molecule has 4 nitrogen and oxygen atoms in total. The van der Waals surface area contributed by atoms with Gasteiger partial charge in [0.15, 0.2) is 6.54 Å². The van der Waals surface area contributed by atoms with Crippen LogP contribution in [-0.2, 0) is 17.8 Å². The van der Waals surface area contributed by atoms with Crippen LogP contribution in [0.25, 0.3) is 10.9 Å². The highest BCUT2D eigenvalue weighted by molar-refractivity contribution is 5.86. The molecule has 2 aliphatic rings. The van der Waals surface area contributed by atoms with E-state index in [4.69, 9.17) is 0 Å². The first-order valence-electron chi connectivity index (χ1n) is 8.90. The Labute approximate surface area is 137 Å². The van der Waals surface area contributed by atoms with E-state index < -0.39 is 0 Å². The summed E-state index contributed by atoms with van der Waals surface area (Å²) in [5.41, 5.74) is 3.83. The highest BCUT2D eigenvalue weighted by Crippen LogP contribution is 2.27. The normalized spacial score (nSPS) is 24.7. The van der Waals surface area contributed by atoms with Crippen LogP contribution in [-0.4, -0.2) is 42.0 Å². The summed E-state index contributed by atoms with van der Waals surface area (Å²) in [5, 5.41) is 1.28. The number of carbonyl (C=O) groups is 1. The predicted molar refractivity (Wildman–Crippen MR) is 91.4 cm³/mol. The Morgan fingerprint density at radius 2 is 2.26 bits per heavy atom. The zero-order valence-electron chi connectivity index (χ0n) is 13.9. The first-order chi connectivity index (χ1) is 11.2. The minimum Gasteiger partial charge on any atom is -0.358 e. The molecule has 2 atom stereocenters. The van der Waals surface area contributed by atoms with Crippen molar-refractivity contribution in [2.24, 2.45) is 5.92 Å². The number of rotatable bonds is 2. The van der Waals surface area contributed by atoms with Crippen LogP contribution in [0.15, 0.2) is 24.3 Å². The summed E-state index contributed by atoms with van der Waals surface area (Å²) in [7, 11) is 0. The second-order valence-corrected chi connectivity index (χ2v) is 7.32. The lowest BCUT2D eigenvalue weighted by atomic mass is 10.0. The van der Waals surface area contributed by atoms with E-state index in [9.17, 15) is 4.79 Å². The van der Waals surface area contributed by atoms with Crippen molar-refractivity contribution in [3.63, 3.8) is 0 Å². The number of carbonyl (C=O) groups excluding carboxylic acids is 1. The Kier molecular flexibility index (Phi) is 3.85. The van der Waals surface area contributed by atoms with Gasteiger partial charge in [-0.15, -0.1) is 0 Å². The molecule has 2 N–H and O–H groups in total. The number of piperidine rings is 1. The van der Waals surface area contributed by atoms with E-state index in [0.717, 1.165) is 38.5 Å². The maximum absolute atomic E-state index is 12.7. The van der Waals surface area contributed by atoms with Crippen LogP contribution >= 0.6 is 0 Å². The van der Waals surface area contributed by atoms with Gasteiger partial charge in [-0.1, -0.05) is 25.1 Å². The lowest BCUT2D eigenvalue weighted by molar-refractivity contribution is -0.900. The van der Waals surface area contributed by atoms with E-state index in [2.05, 4.69) is 41.1 Å². The van der Waals surface area contributed by atoms with Crippen LogP contribution in [0.3, 0.4) is 0 Å². The molecule has 1 aromatic heterocycles. The first kappa shape index (κ1) is 14.8. The molecular weight excluding hydrogens is 286 g/mol. The molecule has 4 rings (SSSR count). The Morgan fingerprint density at radius 1 is 1.39 bits per heavy atom. The molecule has 0 saturated carbocycles. The van der Waals surface area contributed by atoms with E-state index >= 15 is 0 Å². The number of nitrogens with one attached hydrogen (secondary N) is 2. The van der Waals surface area contributed by atoms with E-state index in [-0.39, 0.29) is 0 Å².